The highest BCUT2D eigenvalue weighted by molar-refractivity contribution is 6.40. The number of aliphatic hydroxyl groups excluding tert-OH is 3. The fourth-order valence-electron chi connectivity index (χ4n) is 9.71. The smallest absolute Gasteiger partial charge is 0.408 e. The number of nitrogens with two attached hydrogens (primary N) is 1. The third-order valence-corrected chi connectivity index (χ3v) is 13.0. The first-order valence-electron chi connectivity index (χ1n) is 19.2. The molecule has 7 N–H and O–H groups in total. The molecular formula is C40H56N2O15. The van der Waals surface area contributed by atoms with Crippen molar-refractivity contribution in [2.45, 2.75) is 115 Å². The maximum absolute atomic E-state index is 14.6. The summed E-state index contributed by atoms with van der Waals surface area (Å²) in [4.78, 5) is 82.0. The van der Waals surface area contributed by atoms with Gasteiger partial charge in [0.15, 0.2) is 6.61 Å². The van der Waals surface area contributed by atoms with Crippen LogP contribution in [-0.2, 0) is 47.7 Å². The highest BCUT2D eigenvalue weighted by Crippen LogP contribution is 2.67. The number of fused-ring (bicyclic) bond motifs is 5. The normalized spacial score (nSPS) is 35.4. The fraction of sp³-hybridized carbons (Fsp3) is 0.700. The van der Waals surface area contributed by atoms with E-state index in [2.05, 4.69) is 5.32 Å². The molecule has 12 atom stereocenters. The zero-order valence-electron chi connectivity index (χ0n) is 33.4. The van der Waals surface area contributed by atoms with Gasteiger partial charge in [0, 0.05) is 48.0 Å². The third kappa shape index (κ3) is 7.46. The molecule has 1 aromatic rings. The zero-order chi connectivity index (χ0) is 42.5. The van der Waals surface area contributed by atoms with E-state index in [4.69, 9.17) is 29.4 Å². The van der Waals surface area contributed by atoms with Crippen LogP contribution in [-0.4, -0.2) is 124 Å². The lowest BCUT2D eigenvalue weighted by Crippen LogP contribution is -2.81. The maximum Gasteiger partial charge on any atom is 0.408 e. The van der Waals surface area contributed by atoms with Crippen molar-refractivity contribution in [1.29, 1.82) is 0 Å². The number of alkyl carbamates (subject to hydrolysis) is 1. The molecule has 316 valence electrons. The number of benzene rings is 1. The summed E-state index contributed by atoms with van der Waals surface area (Å²) in [6.07, 6.45) is -9.42. The summed E-state index contributed by atoms with van der Waals surface area (Å²) < 4.78 is 27.7. The first kappa shape index (κ1) is 44.1. The van der Waals surface area contributed by atoms with Crippen LogP contribution in [0.15, 0.2) is 30.3 Å². The Kier molecular flexibility index (Phi) is 12.4. The van der Waals surface area contributed by atoms with Gasteiger partial charge in [0.2, 0.25) is 17.7 Å². The van der Waals surface area contributed by atoms with Gasteiger partial charge in [-0.2, -0.15) is 0 Å². The first-order chi connectivity index (χ1) is 26.5. The summed E-state index contributed by atoms with van der Waals surface area (Å²) in [5.74, 6) is -8.50. The highest BCUT2D eigenvalue weighted by Gasteiger charge is 2.78. The molecule has 2 bridgehead atoms. The summed E-state index contributed by atoms with van der Waals surface area (Å²) in [5.41, 5.74) is -3.28. The Morgan fingerprint density at radius 2 is 1.70 bits per heavy atom. The Balaban J connectivity index is 1.57. The van der Waals surface area contributed by atoms with Gasteiger partial charge in [0.1, 0.15) is 23.3 Å². The molecule has 3 aliphatic carbocycles. The van der Waals surface area contributed by atoms with Gasteiger partial charge in [0.25, 0.3) is 0 Å². The minimum atomic E-state index is -2.36. The molecule has 1 aliphatic heterocycles. The molecule has 0 spiro atoms. The fourth-order valence-corrected chi connectivity index (χ4v) is 9.71. The largest absolute Gasteiger partial charge is 0.459 e. The van der Waals surface area contributed by atoms with Crippen LogP contribution in [0.25, 0.3) is 0 Å². The number of ketones is 2. The van der Waals surface area contributed by atoms with Crippen LogP contribution in [0.2, 0.25) is 0 Å². The van der Waals surface area contributed by atoms with Crippen molar-refractivity contribution >= 4 is 35.6 Å². The molecule has 17 heteroatoms. The molecule has 4 fully saturated rings. The Bertz CT molecular complexity index is 1730. The second-order valence-electron chi connectivity index (χ2n) is 17.5. The van der Waals surface area contributed by atoms with Gasteiger partial charge in [-0.25, -0.2) is 14.4 Å². The number of carbonyl (C=O) groups is 6. The Morgan fingerprint density at radius 3 is 2.26 bits per heavy atom. The van der Waals surface area contributed by atoms with E-state index in [1.54, 1.807) is 39.0 Å². The molecule has 0 aromatic heterocycles. The van der Waals surface area contributed by atoms with Crippen molar-refractivity contribution < 1.29 is 72.9 Å². The molecule has 5 rings (SSSR count). The summed E-state index contributed by atoms with van der Waals surface area (Å²) >= 11 is 0. The third-order valence-electron chi connectivity index (χ3n) is 13.0. The number of hydrogen-bond acceptors (Lipinski definition) is 16. The van der Waals surface area contributed by atoms with Gasteiger partial charge in [-0.3, -0.25) is 14.4 Å². The minimum Gasteiger partial charge on any atom is -0.459 e. The standard InChI is InChI=1S/C40H56N2O15/c1-20-24(16-40(52)34(50)39(19-43)22-17-53-23(22)15-25(44)38(39,7)32(48)30(47)28(20)37(40,5)6)55-33(49)31(56-27(46)18-54-26(45)13-14-41)29(21-11-9-8-10-12-21)42-35(51)57-36(2,3)4/h8-12,20,22-25,28-29,31,34,43-44,50,52H,13-19,41H2,1-7H3,(H,42,51). The van der Waals surface area contributed by atoms with Gasteiger partial charge >= 0.3 is 24.0 Å². The number of aliphatic hydroxyl groups is 4. The van der Waals surface area contributed by atoms with E-state index in [-0.39, 0.29) is 31.6 Å². The molecular weight excluding hydrogens is 748 g/mol. The van der Waals surface area contributed by atoms with Crippen molar-refractivity contribution in [1.82, 2.24) is 5.32 Å². The molecule has 17 nitrogen and oxygen atoms in total. The van der Waals surface area contributed by atoms with Crippen molar-refractivity contribution in [3.63, 3.8) is 0 Å². The second-order valence-corrected chi connectivity index (χ2v) is 17.5. The van der Waals surface area contributed by atoms with Crippen molar-refractivity contribution in [3.8, 4) is 0 Å². The van der Waals surface area contributed by atoms with Gasteiger partial charge in [-0.15, -0.1) is 0 Å². The number of rotatable bonds is 11. The van der Waals surface area contributed by atoms with Crippen LogP contribution in [0.4, 0.5) is 4.79 Å². The lowest BCUT2D eigenvalue weighted by atomic mass is 9.38. The lowest BCUT2D eigenvalue weighted by molar-refractivity contribution is -0.336. The molecule has 3 saturated carbocycles. The minimum absolute atomic E-state index is 0.0269. The quantitative estimate of drug-likeness (QED) is 0.102. The number of amides is 1. The zero-order valence-corrected chi connectivity index (χ0v) is 33.4. The van der Waals surface area contributed by atoms with E-state index in [1.165, 1.54) is 39.8 Å². The highest BCUT2D eigenvalue weighted by atomic mass is 16.6. The monoisotopic (exact) mass is 804 g/mol. The Hall–Kier alpha value is -4.00. The molecule has 1 saturated heterocycles. The average Bonchev–Trinajstić information content (AvgIpc) is 3.12. The van der Waals surface area contributed by atoms with Gasteiger partial charge < -0.3 is 55.2 Å². The molecule has 1 amide bonds. The van der Waals surface area contributed by atoms with E-state index < -0.39 is 137 Å². The number of ether oxygens (including phenoxy) is 5. The molecule has 0 radical (unpaired) electrons. The first-order valence-corrected chi connectivity index (χ1v) is 19.2. The average molecular weight is 805 g/mol. The maximum atomic E-state index is 14.6. The molecule has 12 unspecified atom stereocenters. The van der Waals surface area contributed by atoms with E-state index in [0.29, 0.717) is 0 Å². The molecule has 4 aliphatic rings. The Labute approximate surface area is 330 Å². The molecule has 1 heterocycles. The van der Waals surface area contributed by atoms with Gasteiger partial charge in [-0.1, -0.05) is 51.1 Å². The number of esters is 3. The van der Waals surface area contributed by atoms with E-state index in [1.807, 2.05) is 0 Å². The van der Waals surface area contributed by atoms with Crippen LogP contribution in [0.5, 0.6) is 0 Å². The second kappa shape index (κ2) is 16.0. The van der Waals surface area contributed by atoms with Crippen molar-refractivity contribution in [2.24, 2.45) is 39.7 Å². The summed E-state index contributed by atoms with van der Waals surface area (Å²) in [6, 6.07) is 6.45. The summed E-state index contributed by atoms with van der Waals surface area (Å²) in [6.45, 7) is 8.79. The summed E-state index contributed by atoms with van der Waals surface area (Å²) in [5, 5.41) is 50.7. The van der Waals surface area contributed by atoms with Gasteiger partial charge in [-0.05, 0) is 33.3 Å². The van der Waals surface area contributed by atoms with Crippen LogP contribution < -0.4 is 11.1 Å². The number of hydrogen-bond donors (Lipinski definition) is 6. The predicted molar refractivity (Wildman–Crippen MR) is 196 cm³/mol. The lowest BCUT2D eigenvalue weighted by Gasteiger charge is -2.69. The van der Waals surface area contributed by atoms with E-state index in [0.717, 1.165) is 0 Å². The number of carbonyl (C=O) groups excluding carboxylic acids is 6. The van der Waals surface area contributed by atoms with E-state index >= 15 is 0 Å². The molecule has 57 heavy (non-hydrogen) atoms. The van der Waals surface area contributed by atoms with Crippen LogP contribution in [0.1, 0.15) is 79.3 Å². The topological polar surface area (TPSA) is 268 Å². The van der Waals surface area contributed by atoms with Crippen LogP contribution in [0, 0.1) is 34.0 Å². The predicted octanol–water partition coefficient (Wildman–Crippen LogP) is 0.659. The summed E-state index contributed by atoms with van der Waals surface area (Å²) in [7, 11) is 0. The number of nitrogens with one attached hydrogen (secondary N) is 1. The van der Waals surface area contributed by atoms with Crippen LogP contribution in [0.3, 0.4) is 0 Å². The van der Waals surface area contributed by atoms with Gasteiger partial charge in [0.05, 0.1) is 43.4 Å². The Morgan fingerprint density at radius 1 is 1.05 bits per heavy atom. The van der Waals surface area contributed by atoms with Crippen LogP contribution >= 0.6 is 0 Å². The van der Waals surface area contributed by atoms with Crippen molar-refractivity contribution in [3.05, 3.63) is 35.9 Å². The number of Topliss-reactive ketones (excluding diaryl/α,β-unsaturated/α-hetero) is 2. The SMILES string of the molecule is CC1C(OC(=O)C(OC(=O)COC(=O)CCN)C(NC(=O)OC(C)(C)C)c2ccccc2)CC2(O)C(O)C3(CO)C4COC4CC(O)C3(C)C(=O)C(=O)C1C2(C)C. The van der Waals surface area contributed by atoms with Crippen molar-refractivity contribution in [2.75, 3.05) is 26.4 Å². The molecule has 1 aromatic carbocycles. The van der Waals surface area contributed by atoms with E-state index in [9.17, 15) is 49.2 Å².